The molecule has 0 aliphatic carbocycles. The van der Waals surface area contributed by atoms with E-state index in [1.165, 1.54) is 16.6 Å². The van der Waals surface area contributed by atoms with Gasteiger partial charge in [-0.1, -0.05) is 58.9 Å². The summed E-state index contributed by atoms with van der Waals surface area (Å²) in [6.07, 6.45) is 0. The van der Waals surface area contributed by atoms with E-state index in [2.05, 4.69) is 65.0 Å². The first-order chi connectivity index (χ1) is 7.89. The van der Waals surface area contributed by atoms with Gasteiger partial charge in [0.1, 0.15) is 0 Å². The Morgan fingerprint density at radius 3 is 2.29 bits per heavy atom. The second-order valence-electron chi connectivity index (χ2n) is 6.02. The molecule has 0 bridgehead atoms. The van der Waals surface area contributed by atoms with E-state index < -0.39 is 0 Å². The van der Waals surface area contributed by atoms with Crippen molar-refractivity contribution >= 4 is 10.9 Å². The van der Waals surface area contributed by atoms with E-state index in [1.54, 1.807) is 0 Å². The van der Waals surface area contributed by atoms with Gasteiger partial charge < -0.3 is 0 Å². The summed E-state index contributed by atoms with van der Waals surface area (Å²) in [4.78, 5) is 4.84. The van der Waals surface area contributed by atoms with Crippen molar-refractivity contribution < 1.29 is 0 Å². The van der Waals surface area contributed by atoms with Crippen LogP contribution < -0.4 is 0 Å². The zero-order chi connectivity index (χ0) is 12.6. The minimum absolute atomic E-state index is 0.141. The first-order valence-electron chi connectivity index (χ1n) is 6.30. The summed E-state index contributed by atoms with van der Waals surface area (Å²) in [5.74, 6) is 0.479. The van der Waals surface area contributed by atoms with Crippen LogP contribution in [0, 0.1) is 0 Å². The number of hydrogen-bond donors (Lipinski definition) is 0. The van der Waals surface area contributed by atoms with Crippen LogP contribution in [-0.2, 0) is 5.41 Å². The third-order valence-electron chi connectivity index (χ3n) is 3.14. The molecule has 0 atom stereocenters. The van der Waals surface area contributed by atoms with Crippen molar-refractivity contribution in [1.29, 1.82) is 0 Å². The minimum Gasteiger partial charge on any atom is -0.252 e. The van der Waals surface area contributed by atoms with Crippen molar-refractivity contribution in [3.8, 4) is 0 Å². The molecular weight excluding hydrogens is 206 g/mol. The van der Waals surface area contributed by atoms with Crippen molar-refractivity contribution in [2.24, 2.45) is 0 Å². The molecule has 2 aromatic rings. The Balaban J connectivity index is 2.73. The van der Waals surface area contributed by atoms with Gasteiger partial charge in [-0.05, 0) is 23.0 Å². The minimum atomic E-state index is 0.141. The fourth-order valence-electron chi connectivity index (χ4n) is 2.09. The molecule has 1 heterocycles. The molecule has 0 radical (unpaired) electrons. The standard InChI is InChI=1S/C16H21N/c1-11(2)14-10-9-12-7-6-8-13(15(12)17-14)16(3,4)5/h6-11H,1-5H3. The average molecular weight is 227 g/mol. The lowest BCUT2D eigenvalue weighted by atomic mass is 9.85. The van der Waals surface area contributed by atoms with E-state index in [9.17, 15) is 0 Å². The van der Waals surface area contributed by atoms with Gasteiger partial charge in [-0.25, -0.2) is 0 Å². The van der Waals surface area contributed by atoms with E-state index in [0.717, 1.165) is 5.52 Å². The second-order valence-corrected chi connectivity index (χ2v) is 6.02. The highest BCUT2D eigenvalue weighted by Gasteiger charge is 2.17. The molecule has 1 nitrogen and oxygen atoms in total. The third kappa shape index (κ3) is 2.33. The molecule has 0 fully saturated rings. The molecule has 0 saturated heterocycles. The van der Waals surface area contributed by atoms with Crippen molar-refractivity contribution in [2.45, 2.75) is 46.0 Å². The number of pyridine rings is 1. The zero-order valence-corrected chi connectivity index (χ0v) is 11.4. The molecule has 1 aromatic carbocycles. The lowest BCUT2D eigenvalue weighted by Gasteiger charge is -2.21. The molecule has 0 aliphatic heterocycles. The Morgan fingerprint density at radius 2 is 1.71 bits per heavy atom. The van der Waals surface area contributed by atoms with Crippen LogP contribution in [0.5, 0.6) is 0 Å². The van der Waals surface area contributed by atoms with Crippen molar-refractivity contribution in [3.05, 3.63) is 41.6 Å². The Hall–Kier alpha value is -1.37. The predicted octanol–water partition coefficient (Wildman–Crippen LogP) is 4.66. The number of benzene rings is 1. The number of para-hydroxylation sites is 1. The molecule has 0 unspecified atom stereocenters. The van der Waals surface area contributed by atoms with Gasteiger partial charge in [0.25, 0.3) is 0 Å². The van der Waals surface area contributed by atoms with Crippen LogP contribution in [0.15, 0.2) is 30.3 Å². The maximum absolute atomic E-state index is 4.84. The molecule has 1 heteroatoms. The summed E-state index contributed by atoms with van der Waals surface area (Å²) in [6.45, 7) is 11.1. The molecule has 1 aromatic heterocycles. The predicted molar refractivity (Wildman–Crippen MR) is 74.5 cm³/mol. The Labute approximate surface area is 104 Å². The van der Waals surface area contributed by atoms with Crippen molar-refractivity contribution in [1.82, 2.24) is 4.98 Å². The summed E-state index contributed by atoms with van der Waals surface area (Å²) < 4.78 is 0. The van der Waals surface area contributed by atoms with Gasteiger partial charge in [0.05, 0.1) is 5.52 Å². The van der Waals surface area contributed by atoms with E-state index in [0.29, 0.717) is 5.92 Å². The number of rotatable bonds is 1. The number of hydrogen-bond acceptors (Lipinski definition) is 1. The largest absolute Gasteiger partial charge is 0.252 e. The van der Waals surface area contributed by atoms with Crippen LogP contribution in [0.3, 0.4) is 0 Å². The smallest absolute Gasteiger partial charge is 0.0742 e. The summed E-state index contributed by atoms with van der Waals surface area (Å²) in [6, 6.07) is 10.8. The van der Waals surface area contributed by atoms with Gasteiger partial charge in [-0.15, -0.1) is 0 Å². The first kappa shape index (κ1) is 12.1. The lowest BCUT2D eigenvalue weighted by Crippen LogP contribution is -2.12. The molecule has 17 heavy (non-hydrogen) atoms. The van der Waals surface area contributed by atoms with Crippen LogP contribution in [0.25, 0.3) is 10.9 Å². The number of nitrogens with zero attached hydrogens (tertiary/aromatic N) is 1. The quantitative estimate of drug-likeness (QED) is 0.690. The van der Waals surface area contributed by atoms with Gasteiger partial charge >= 0.3 is 0 Å². The summed E-state index contributed by atoms with van der Waals surface area (Å²) in [5.41, 5.74) is 3.81. The molecule has 0 saturated carbocycles. The van der Waals surface area contributed by atoms with E-state index in [1.807, 2.05) is 0 Å². The fraction of sp³-hybridized carbons (Fsp3) is 0.438. The highest BCUT2D eigenvalue weighted by molar-refractivity contribution is 5.83. The van der Waals surface area contributed by atoms with E-state index >= 15 is 0 Å². The van der Waals surface area contributed by atoms with Gasteiger partial charge in [0, 0.05) is 11.1 Å². The zero-order valence-electron chi connectivity index (χ0n) is 11.4. The number of fused-ring (bicyclic) bond motifs is 1. The third-order valence-corrected chi connectivity index (χ3v) is 3.14. The molecule has 2 rings (SSSR count). The fourth-order valence-corrected chi connectivity index (χ4v) is 2.09. The Kier molecular flexibility index (Phi) is 2.94. The van der Waals surface area contributed by atoms with Gasteiger partial charge in [0.15, 0.2) is 0 Å². The Morgan fingerprint density at radius 1 is 1.00 bits per heavy atom. The van der Waals surface area contributed by atoms with Crippen LogP contribution in [-0.4, -0.2) is 4.98 Å². The maximum atomic E-state index is 4.84. The molecule has 0 N–H and O–H groups in total. The Bertz CT molecular complexity index is 533. The van der Waals surface area contributed by atoms with Crippen LogP contribution in [0.2, 0.25) is 0 Å². The molecular formula is C16H21N. The monoisotopic (exact) mass is 227 g/mol. The maximum Gasteiger partial charge on any atom is 0.0742 e. The first-order valence-corrected chi connectivity index (χ1v) is 6.30. The molecule has 0 amide bonds. The summed E-state index contributed by atoms with van der Waals surface area (Å²) in [7, 11) is 0. The molecule has 0 spiro atoms. The topological polar surface area (TPSA) is 12.9 Å². The SMILES string of the molecule is CC(C)c1ccc2cccc(C(C)(C)C)c2n1. The van der Waals surface area contributed by atoms with Crippen molar-refractivity contribution in [3.63, 3.8) is 0 Å². The normalized spacial score (nSPS) is 12.4. The van der Waals surface area contributed by atoms with Crippen LogP contribution in [0.4, 0.5) is 0 Å². The summed E-state index contributed by atoms with van der Waals surface area (Å²) >= 11 is 0. The van der Waals surface area contributed by atoms with Gasteiger partial charge in [0.2, 0.25) is 0 Å². The molecule has 90 valence electrons. The molecule has 0 aliphatic rings. The van der Waals surface area contributed by atoms with Gasteiger partial charge in [-0.3, -0.25) is 4.98 Å². The average Bonchev–Trinajstić information content (AvgIpc) is 2.26. The van der Waals surface area contributed by atoms with Crippen molar-refractivity contribution in [2.75, 3.05) is 0 Å². The number of aromatic nitrogens is 1. The highest BCUT2D eigenvalue weighted by atomic mass is 14.7. The van der Waals surface area contributed by atoms with E-state index in [-0.39, 0.29) is 5.41 Å². The van der Waals surface area contributed by atoms with Gasteiger partial charge in [-0.2, -0.15) is 0 Å². The second kappa shape index (κ2) is 4.14. The van der Waals surface area contributed by atoms with E-state index in [4.69, 9.17) is 4.98 Å². The van der Waals surface area contributed by atoms with Crippen LogP contribution >= 0.6 is 0 Å². The summed E-state index contributed by atoms with van der Waals surface area (Å²) in [5, 5.41) is 1.24. The van der Waals surface area contributed by atoms with Crippen LogP contribution in [0.1, 0.15) is 51.8 Å². The lowest BCUT2D eigenvalue weighted by molar-refractivity contribution is 0.594. The highest BCUT2D eigenvalue weighted by Crippen LogP contribution is 2.29.